The molecular weight excluding hydrogens is 278 g/mol. The quantitative estimate of drug-likeness (QED) is 0.437. The van der Waals surface area contributed by atoms with Gasteiger partial charge < -0.3 is 4.31 Å². The Bertz CT molecular complexity index is 381. The predicted octanol–water partition coefficient (Wildman–Crippen LogP) is 3.05. The number of rotatable bonds is 7. The Labute approximate surface area is 113 Å². The molecule has 0 N–H and O–H groups in total. The van der Waals surface area contributed by atoms with E-state index in [-0.39, 0.29) is 0 Å². The van der Waals surface area contributed by atoms with Gasteiger partial charge in [-0.2, -0.15) is 0 Å². The standard InChI is InChI=1S/C9H13N3O2S3/c1-3-11(9(15-2)6-12(13)14)17-7-8-10-4-5-16-8/h4-6H,3,7H2,1-2H3/b9-6+. The van der Waals surface area contributed by atoms with Crippen LogP contribution in [0.1, 0.15) is 11.9 Å². The Morgan fingerprint density at radius 1 is 1.76 bits per heavy atom. The number of nitro groups is 1. The van der Waals surface area contributed by atoms with Gasteiger partial charge in [-0.15, -0.1) is 23.1 Å². The van der Waals surface area contributed by atoms with Crippen molar-refractivity contribution in [3.8, 4) is 0 Å². The monoisotopic (exact) mass is 291 g/mol. The van der Waals surface area contributed by atoms with Crippen molar-refractivity contribution >= 4 is 35.0 Å². The molecule has 0 bridgehead atoms. The molecule has 1 aromatic rings. The highest BCUT2D eigenvalue weighted by molar-refractivity contribution is 8.04. The largest absolute Gasteiger partial charge is 0.305 e. The fourth-order valence-corrected chi connectivity index (χ4v) is 3.51. The maximum Gasteiger partial charge on any atom is 0.265 e. The van der Waals surface area contributed by atoms with Gasteiger partial charge in [-0.3, -0.25) is 10.1 Å². The van der Waals surface area contributed by atoms with E-state index < -0.39 is 4.92 Å². The summed E-state index contributed by atoms with van der Waals surface area (Å²) in [7, 11) is 0. The topological polar surface area (TPSA) is 59.3 Å². The summed E-state index contributed by atoms with van der Waals surface area (Å²) in [6.07, 6.45) is 4.64. The third-order valence-corrected chi connectivity index (χ3v) is 4.78. The highest BCUT2D eigenvalue weighted by atomic mass is 32.2. The van der Waals surface area contributed by atoms with E-state index in [2.05, 4.69) is 4.98 Å². The van der Waals surface area contributed by atoms with E-state index in [4.69, 9.17) is 0 Å². The fourth-order valence-electron chi connectivity index (χ4n) is 1.08. The zero-order chi connectivity index (χ0) is 12.7. The van der Waals surface area contributed by atoms with Crippen molar-refractivity contribution in [2.24, 2.45) is 0 Å². The first-order valence-corrected chi connectivity index (χ1v) is 7.90. The molecule has 0 atom stereocenters. The summed E-state index contributed by atoms with van der Waals surface area (Å²) in [6, 6.07) is 0. The van der Waals surface area contributed by atoms with E-state index in [1.165, 1.54) is 11.8 Å². The van der Waals surface area contributed by atoms with E-state index in [0.29, 0.717) is 5.03 Å². The van der Waals surface area contributed by atoms with Crippen LogP contribution in [0, 0.1) is 10.1 Å². The zero-order valence-corrected chi connectivity index (χ0v) is 12.0. The lowest BCUT2D eigenvalue weighted by Crippen LogP contribution is -2.14. The molecule has 5 nitrogen and oxygen atoms in total. The lowest BCUT2D eigenvalue weighted by Gasteiger charge is -2.20. The van der Waals surface area contributed by atoms with Crippen molar-refractivity contribution < 1.29 is 4.92 Å². The van der Waals surface area contributed by atoms with Gasteiger partial charge in [-0.05, 0) is 25.1 Å². The number of hydrogen-bond donors (Lipinski definition) is 0. The van der Waals surface area contributed by atoms with E-state index in [1.54, 1.807) is 29.5 Å². The summed E-state index contributed by atoms with van der Waals surface area (Å²) in [4.78, 5) is 14.3. The van der Waals surface area contributed by atoms with E-state index in [0.717, 1.165) is 23.5 Å². The third kappa shape index (κ3) is 4.97. The van der Waals surface area contributed by atoms with E-state index in [9.17, 15) is 10.1 Å². The van der Waals surface area contributed by atoms with Crippen LogP contribution in [0.3, 0.4) is 0 Å². The molecule has 0 amide bonds. The van der Waals surface area contributed by atoms with Crippen molar-refractivity contribution in [2.75, 3.05) is 12.8 Å². The Hall–Kier alpha value is -0.730. The second-order valence-electron chi connectivity index (χ2n) is 2.85. The fraction of sp³-hybridized carbons (Fsp3) is 0.444. The predicted molar refractivity (Wildman–Crippen MR) is 74.4 cm³/mol. The van der Waals surface area contributed by atoms with Gasteiger partial charge >= 0.3 is 0 Å². The van der Waals surface area contributed by atoms with Crippen LogP contribution in [-0.4, -0.2) is 27.0 Å². The minimum Gasteiger partial charge on any atom is -0.305 e. The van der Waals surface area contributed by atoms with Crippen LogP contribution < -0.4 is 0 Å². The first kappa shape index (κ1) is 14.3. The van der Waals surface area contributed by atoms with Crippen molar-refractivity contribution in [3.05, 3.63) is 37.9 Å². The first-order chi connectivity index (χ1) is 8.17. The molecule has 0 aliphatic rings. The maximum atomic E-state index is 10.5. The molecule has 0 saturated heterocycles. The summed E-state index contributed by atoms with van der Waals surface area (Å²) >= 11 is 4.51. The molecule has 0 spiro atoms. The molecule has 0 aliphatic heterocycles. The molecule has 1 heterocycles. The van der Waals surface area contributed by atoms with Crippen LogP contribution in [0.15, 0.2) is 22.8 Å². The SMILES string of the molecule is CCN(SCc1nccs1)/C(=C\[N+](=O)[O-])SC. The minimum atomic E-state index is -0.418. The van der Waals surface area contributed by atoms with Gasteiger partial charge in [-0.1, -0.05) is 0 Å². The molecule has 0 radical (unpaired) electrons. The molecule has 1 aromatic heterocycles. The summed E-state index contributed by atoms with van der Waals surface area (Å²) < 4.78 is 1.91. The second kappa shape index (κ2) is 7.57. The van der Waals surface area contributed by atoms with Gasteiger partial charge in [0, 0.05) is 18.1 Å². The maximum absolute atomic E-state index is 10.5. The molecule has 17 heavy (non-hydrogen) atoms. The Balaban J connectivity index is 2.60. The van der Waals surface area contributed by atoms with Crippen molar-refractivity contribution in [1.82, 2.24) is 9.29 Å². The van der Waals surface area contributed by atoms with Crippen LogP contribution in [-0.2, 0) is 5.75 Å². The minimum absolute atomic E-state index is 0.418. The average molecular weight is 291 g/mol. The smallest absolute Gasteiger partial charge is 0.265 e. The van der Waals surface area contributed by atoms with Crippen LogP contribution >= 0.6 is 35.0 Å². The normalized spacial score (nSPS) is 11.5. The molecule has 0 unspecified atom stereocenters. The van der Waals surface area contributed by atoms with E-state index in [1.807, 2.05) is 22.9 Å². The van der Waals surface area contributed by atoms with Gasteiger partial charge in [-0.25, -0.2) is 4.98 Å². The van der Waals surface area contributed by atoms with Crippen molar-refractivity contribution in [1.29, 1.82) is 0 Å². The van der Waals surface area contributed by atoms with Crippen LogP contribution in [0.25, 0.3) is 0 Å². The van der Waals surface area contributed by atoms with Gasteiger partial charge in [0.1, 0.15) is 5.01 Å². The van der Waals surface area contributed by atoms with Crippen LogP contribution in [0.4, 0.5) is 0 Å². The van der Waals surface area contributed by atoms with Crippen LogP contribution in [0.5, 0.6) is 0 Å². The second-order valence-corrected chi connectivity index (χ2v) is 5.64. The summed E-state index contributed by atoms with van der Waals surface area (Å²) in [6.45, 7) is 2.69. The van der Waals surface area contributed by atoms with E-state index >= 15 is 0 Å². The summed E-state index contributed by atoms with van der Waals surface area (Å²) in [5.74, 6) is 0.737. The van der Waals surface area contributed by atoms with Crippen LogP contribution in [0.2, 0.25) is 0 Å². The number of hydrogen-bond acceptors (Lipinski definition) is 7. The summed E-state index contributed by atoms with van der Waals surface area (Å²) in [5.41, 5.74) is 0. The molecule has 8 heteroatoms. The number of thioether (sulfide) groups is 1. The molecule has 1 rings (SSSR count). The van der Waals surface area contributed by atoms with Gasteiger partial charge in [0.25, 0.3) is 6.20 Å². The molecular formula is C9H13N3O2S3. The summed E-state index contributed by atoms with van der Waals surface area (Å²) in [5, 5.41) is 14.1. The number of nitrogens with zero attached hydrogens (tertiary/aromatic N) is 3. The zero-order valence-electron chi connectivity index (χ0n) is 9.53. The molecule has 0 aliphatic carbocycles. The highest BCUT2D eigenvalue weighted by Crippen LogP contribution is 2.27. The van der Waals surface area contributed by atoms with Gasteiger partial charge in [0.05, 0.1) is 10.7 Å². The Morgan fingerprint density at radius 3 is 3.00 bits per heavy atom. The Morgan fingerprint density at radius 2 is 2.53 bits per heavy atom. The third-order valence-electron chi connectivity index (χ3n) is 1.79. The molecule has 94 valence electrons. The highest BCUT2D eigenvalue weighted by Gasteiger charge is 2.12. The molecule has 0 fully saturated rings. The lowest BCUT2D eigenvalue weighted by atomic mass is 10.7. The van der Waals surface area contributed by atoms with Gasteiger partial charge in [0.15, 0.2) is 5.03 Å². The molecule has 0 saturated carbocycles. The molecule has 0 aromatic carbocycles. The lowest BCUT2D eigenvalue weighted by molar-refractivity contribution is -0.403. The number of thiazole rings is 1. The first-order valence-electron chi connectivity index (χ1n) is 4.85. The average Bonchev–Trinajstić information content (AvgIpc) is 2.80. The van der Waals surface area contributed by atoms with Crippen molar-refractivity contribution in [2.45, 2.75) is 12.7 Å². The van der Waals surface area contributed by atoms with Gasteiger partial charge in [0.2, 0.25) is 0 Å². The Kier molecular flexibility index (Phi) is 6.38. The van der Waals surface area contributed by atoms with Crippen molar-refractivity contribution in [3.63, 3.8) is 0 Å². The number of aromatic nitrogens is 1.